The Hall–Kier alpha value is -2.07. The number of hydrogen-bond donors (Lipinski definition) is 1. The monoisotopic (exact) mass is 514 g/mol. The summed E-state index contributed by atoms with van der Waals surface area (Å²) in [5.41, 5.74) is 2.21. The van der Waals surface area contributed by atoms with E-state index in [4.69, 9.17) is 19.2 Å². The predicted molar refractivity (Wildman–Crippen MR) is 126 cm³/mol. The Morgan fingerprint density at radius 3 is 2.38 bits per heavy atom. The third kappa shape index (κ3) is 8.86. The van der Waals surface area contributed by atoms with Crippen molar-refractivity contribution in [1.82, 2.24) is 15.2 Å². The molecular weight excluding hydrogens is 483 g/mol. The minimum atomic E-state index is 0. The summed E-state index contributed by atoms with van der Waals surface area (Å²) in [6.07, 6.45) is 1.79. The molecule has 0 aliphatic heterocycles. The summed E-state index contributed by atoms with van der Waals surface area (Å²) in [6.45, 7) is 5.18. The molecule has 0 atom stereocenters. The summed E-state index contributed by atoms with van der Waals surface area (Å²) in [4.78, 5) is 11.1. The summed E-state index contributed by atoms with van der Waals surface area (Å²) in [6, 6.07) is 11.9. The molecule has 2 aromatic rings. The second-order valence-electron chi connectivity index (χ2n) is 6.22. The van der Waals surface area contributed by atoms with Crippen LogP contribution in [0.2, 0.25) is 0 Å². The highest BCUT2D eigenvalue weighted by molar-refractivity contribution is 14.0. The summed E-state index contributed by atoms with van der Waals surface area (Å²) in [5, 5.41) is 3.33. The Morgan fingerprint density at radius 2 is 1.79 bits per heavy atom. The van der Waals surface area contributed by atoms with Gasteiger partial charge in [-0.25, -0.2) is 9.98 Å². The van der Waals surface area contributed by atoms with Gasteiger partial charge in [0.05, 0.1) is 20.3 Å². The third-order valence-corrected chi connectivity index (χ3v) is 4.02. The molecule has 0 amide bonds. The maximum Gasteiger partial charge on any atom is 0.213 e. The van der Waals surface area contributed by atoms with Crippen molar-refractivity contribution in [1.29, 1.82) is 0 Å². The van der Waals surface area contributed by atoms with Crippen molar-refractivity contribution in [2.45, 2.75) is 20.0 Å². The van der Waals surface area contributed by atoms with E-state index >= 15 is 0 Å². The van der Waals surface area contributed by atoms with Crippen LogP contribution in [0.4, 0.5) is 0 Å². The van der Waals surface area contributed by atoms with Crippen LogP contribution in [0.25, 0.3) is 0 Å². The lowest BCUT2D eigenvalue weighted by Gasteiger charge is -2.22. The van der Waals surface area contributed by atoms with Crippen LogP contribution in [-0.4, -0.2) is 56.9 Å². The zero-order valence-corrected chi connectivity index (χ0v) is 19.9. The van der Waals surface area contributed by atoms with Gasteiger partial charge in [-0.2, -0.15) is 0 Å². The second-order valence-corrected chi connectivity index (χ2v) is 6.22. The summed E-state index contributed by atoms with van der Waals surface area (Å²) < 4.78 is 15.7. The largest absolute Gasteiger partial charge is 0.497 e. The molecule has 0 fully saturated rings. The Kier molecular flexibility index (Phi) is 12.1. The standard InChI is InChI=1S/C21H30N4O3.HI/c1-5-22-21(25(2)16-17-6-9-19(27-4)10-7-17)24-15-18-8-11-20(23-14-18)28-13-12-26-3;/h6-11,14H,5,12-13,15-16H2,1-4H3,(H,22,24);1H. The zero-order valence-electron chi connectivity index (χ0n) is 17.6. The number of methoxy groups -OCH3 is 2. The minimum Gasteiger partial charge on any atom is -0.497 e. The lowest BCUT2D eigenvalue weighted by atomic mass is 10.2. The van der Waals surface area contributed by atoms with E-state index in [0.717, 1.165) is 30.4 Å². The second kappa shape index (κ2) is 14.0. The molecule has 2 rings (SSSR count). The van der Waals surface area contributed by atoms with Crippen molar-refractivity contribution >= 4 is 29.9 Å². The molecule has 0 saturated heterocycles. The molecule has 1 heterocycles. The Morgan fingerprint density at radius 1 is 1.07 bits per heavy atom. The molecule has 0 aliphatic rings. The molecule has 1 aromatic carbocycles. The fourth-order valence-electron chi connectivity index (χ4n) is 2.53. The van der Waals surface area contributed by atoms with Crippen molar-refractivity contribution in [2.24, 2.45) is 4.99 Å². The van der Waals surface area contributed by atoms with Gasteiger partial charge in [0.25, 0.3) is 0 Å². The molecule has 0 saturated carbocycles. The Balaban J connectivity index is 0.00000420. The highest BCUT2D eigenvalue weighted by atomic mass is 127. The minimum absolute atomic E-state index is 0. The van der Waals surface area contributed by atoms with Gasteiger partial charge in [0, 0.05) is 39.5 Å². The number of benzene rings is 1. The average Bonchev–Trinajstić information content (AvgIpc) is 2.72. The molecular formula is C21H31IN4O3. The normalized spacial score (nSPS) is 10.8. The number of nitrogens with zero attached hydrogens (tertiary/aromatic N) is 3. The smallest absolute Gasteiger partial charge is 0.213 e. The average molecular weight is 514 g/mol. The molecule has 0 spiro atoms. The first-order chi connectivity index (χ1) is 13.7. The maximum atomic E-state index is 5.49. The van der Waals surface area contributed by atoms with E-state index in [1.165, 1.54) is 5.56 Å². The molecule has 1 N–H and O–H groups in total. The van der Waals surface area contributed by atoms with Gasteiger partial charge >= 0.3 is 0 Å². The first-order valence-corrected chi connectivity index (χ1v) is 9.35. The summed E-state index contributed by atoms with van der Waals surface area (Å²) >= 11 is 0. The number of rotatable bonds is 10. The first-order valence-electron chi connectivity index (χ1n) is 9.35. The SMILES string of the molecule is CCNC(=NCc1ccc(OCCOC)nc1)N(C)Cc1ccc(OC)cc1.I. The fraction of sp³-hybridized carbons (Fsp3) is 0.429. The number of ether oxygens (including phenoxy) is 3. The van der Waals surface area contributed by atoms with Crippen LogP contribution >= 0.6 is 24.0 Å². The predicted octanol–water partition coefficient (Wildman–Crippen LogP) is 3.33. The highest BCUT2D eigenvalue weighted by Gasteiger charge is 2.07. The number of pyridine rings is 1. The van der Waals surface area contributed by atoms with Gasteiger partial charge in [0.2, 0.25) is 5.88 Å². The fourth-order valence-corrected chi connectivity index (χ4v) is 2.53. The number of hydrogen-bond acceptors (Lipinski definition) is 5. The molecule has 1 aromatic heterocycles. The van der Waals surface area contributed by atoms with Crippen molar-refractivity contribution in [2.75, 3.05) is 41.0 Å². The van der Waals surface area contributed by atoms with Crippen molar-refractivity contribution in [3.8, 4) is 11.6 Å². The number of nitrogens with one attached hydrogen (secondary N) is 1. The number of aliphatic imine (C=N–C) groups is 1. The summed E-state index contributed by atoms with van der Waals surface area (Å²) in [7, 11) is 5.34. The van der Waals surface area contributed by atoms with Gasteiger partial charge in [-0.1, -0.05) is 18.2 Å². The van der Waals surface area contributed by atoms with Crippen LogP contribution in [-0.2, 0) is 17.8 Å². The number of halogens is 1. The Labute approximate surface area is 190 Å². The zero-order chi connectivity index (χ0) is 20.2. The van der Waals surface area contributed by atoms with E-state index in [0.29, 0.717) is 25.6 Å². The first kappa shape index (κ1) is 25.0. The quantitative estimate of drug-likeness (QED) is 0.227. The molecule has 0 aliphatic carbocycles. The molecule has 0 unspecified atom stereocenters. The molecule has 29 heavy (non-hydrogen) atoms. The molecule has 7 nitrogen and oxygen atoms in total. The number of aromatic nitrogens is 1. The highest BCUT2D eigenvalue weighted by Crippen LogP contribution is 2.13. The van der Waals surface area contributed by atoms with Gasteiger partial charge in [0.15, 0.2) is 5.96 Å². The maximum absolute atomic E-state index is 5.49. The van der Waals surface area contributed by atoms with Crippen LogP contribution in [0.3, 0.4) is 0 Å². The van der Waals surface area contributed by atoms with Crippen LogP contribution in [0.1, 0.15) is 18.1 Å². The lowest BCUT2D eigenvalue weighted by Crippen LogP contribution is -2.38. The van der Waals surface area contributed by atoms with Crippen molar-refractivity contribution in [3.63, 3.8) is 0 Å². The van der Waals surface area contributed by atoms with E-state index in [1.807, 2.05) is 31.3 Å². The number of guanidine groups is 1. The summed E-state index contributed by atoms with van der Waals surface area (Å²) in [5.74, 6) is 2.29. The lowest BCUT2D eigenvalue weighted by molar-refractivity contribution is 0.143. The van der Waals surface area contributed by atoms with Gasteiger partial charge in [0.1, 0.15) is 12.4 Å². The third-order valence-electron chi connectivity index (χ3n) is 4.02. The van der Waals surface area contributed by atoms with Gasteiger partial charge < -0.3 is 24.4 Å². The van der Waals surface area contributed by atoms with Crippen LogP contribution in [0, 0.1) is 0 Å². The molecule has 0 radical (unpaired) electrons. The van der Waals surface area contributed by atoms with Crippen LogP contribution < -0.4 is 14.8 Å². The van der Waals surface area contributed by atoms with Crippen molar-refractivity contribution in [3.05, 3.63) is 53.7 Å². The topological polar surface area (TPSA) is 68.2 Å². The van der Waals surface area contributed by atoms with Gasteiger partial charge in [-0.15, -0.1) is 24.0 Å². The van der Waals surface area contributed by atoms with E-state index in [1.54, 1.807) is 20.4 Å². The van der Waals surface area contributed by atoms with E-state index < -0.39 is 0 Å². The van der Waals surface area contributed by atoms with Gasteiger partial charge in [-0.05, 0) is 30.2 Å². The van der Waals surface area contributed by atoms with Gasteiger partial charge in [-0.3, -0.25) is 0 Å². The van der Waals surface area contributed by atoms with Crippen molar-refractivity contribution < 1.29 is 14.2 Å². The molecule has 8 heteroatoms. The Bertz CT molecular complexity index is 724. The van der Waals surface area contributed by atoms with E-state index in [9.17, 15) is 0 Å². The van der Waals surface area contributed by atoms with Crippen LogP contribution in [0.5, 0.6) is 11.6 Å². The molecule has 160 valence electrons. The van der Waals surface area contributed by atoms with E-state index in [-0.39, 0.29) is 24.0 Å². The molecule has 0 bridgehead atoms. The van der Waals surface area contributed by atoms with Crippen LogP contribution in [0.15, 0.2) is 47.6 Å². The van der Waals surface area contributed by atoms with E-state index in [2.05, 4.69) is 34.3 Å².